The molecule has 176 valence electrons. The van der Waals surface area contributed by atoms with Gasteiger partial charge in [0.2, 0.25) is 11.8 Å². The van der Waals surface area contributed by atoms with Crippen molar-refractivity contribution in [1.29, 1.82) is 0 Å². The van der Waals surface area contributed by atoms with E-state index in [0.29, 0.717) is 24.4 Å². The standard InChI is InChI=1S/C27H30N4O3/c32-27-2-1-11-31(27)22-8-12-30(13-9-22)18-24-14-19-3-5-23(15-25(19)33-24)34-26-6-4-20(17-29-26)21-7-10-28-16-21/h3-7,10,15,17,22,24H,1-2,8-9,11-14,16,18H2. The molecule has 2 fully saturated rings. The average Bonchev–Trinajstić information content (AvgIpc) is 3.61. The van der Waals surface area contributed by atoms with E-state index in [1.54, 1.807) is 0 Å². The number of hydrogen-bond donors (Lipinski definition) is 0. The van der Waals surface area contributed by atoms with Crippen LogP contribution in [0.1, 0.15) is 36.8 Å². The predicted molar refractivity (Wildman–Crippen MR) is 131 cm³/mol. The molecule has 0 radical (unpaired) electrons. The lowest BCUT2D eigenvalue weighted by Gasteiger charge is -2.37. The number of ether oxygens (including phenoxy) is 2. The second kappa shape index (κ2) is 9.22. The number of aliphatic imine (C=N–C) groups is 1. The Bertz CT molecular complexity index is 1120. The number of aromatic nitrogens is 1. The first-order chi connectivity index (χ1) is 16.7. The minimum atomic E-state index is 0.162. The molecule has 1 aromatic heterocycles. The molecule has 1 unspecified atom stereocenters. The summed E-state index contributed by atoms with van der Waals surface area (Å²) in [4.78, 5) is 25.3. The Kier molecular flexibility index (Phi) is 5.79. The van der Waals surface area contributed by atoms with Crippen molar-refractivity contribution in [2.75, 3.05) is 32.7 Å². The molecule has 6 rings (SSSR count). The van der Waals surface area contributed by atoms with Crippen LogP contribution in [0.4, 0.5) is 0 Å². The van der Waals surface area contributed by atoms with Crippen molar-refractivity contribution in [1.82, 2.24) is 14.8 Å². The maximum Gasteiger partial charge on any atom is 0.222 e. The Hall–Kier alpha value is -3.19. The van der Waals surface area contributed by atoms with Crippen LogP contribution in [-0.4, -0.2) is 71.8 Å². The topological polar surface area (TPSA) is 67.3 Å². The summed E-state index contributed by atoms with van der Waals surface area (Å²) in [6, 6.07) is 10.4. The smallest absolute Gasteiger partial charge is 0.222 e. The number of pyridine rings is 1. The van der Waals surface area contributed by atoms with Crippen LogP contribution < -0.4 is 9.47 Å². The highest BCUT2D eigenvalue weighted by Crippen LogP contribution is 2.34. The zero-order valence-corrected chi connectivity index (χ0v) is 19.4. The van der Waals surface area contributed by atoms with Crippen molar-refractivity contribution in [3.63, 3.8) is 0 Å². The summed E-state index contributed by atoms with van der Waals surface area (Å²) >= 11 is 0. The van der Waals surface area contributed by atoms with Crippen LogP contribution in [0.2, 0.25) is 0 Å². The Morgan fingerprint density at radius 1 is 1.12 bits per heavy atom. The van der Waals surface area contributed by atoms with Crippen LogP contribution >= 0.6 is 0 Å². The summed E-state index contributed by atoms with van der Waals surface area (Å²) in [5.74, 6) is 2.55. The fraction of sp³-hybridized carbons (Fsp3) is 0.444. The van der Waals surface area contributed by atoms with Gasteiger partial charge < -0.3 is 14.4 Å². The zero-order chi connectivity index (χ0) is 22.9. The van der Waals surface area contributed by atoms with Crippen LogP contribution in [-0.2, 0) is 11.2 Å². The molecule has 7 nitrogen and oxygen atoms in total. The first kappa shape index (κ1) is 21.4. The van der Waals surface area contributed by atoms with Crippen molar-refractivity contribution in [2.24, 2.45) is 4.99 Å². The van der Waals surface area contributed by atoms with Gasteiger partial charge in [0, 0.05) is 69.6 Å². The minimum Gasteiger partial charge on any atom is -0.488 e. The van der Waals surface area contributed by atoms with Gasteiger partial charge in [0.1, 0.15) is 17.6 Å². The summed E-state index contributed by atoms with van der Waals surface area (Å²) in [7, 11) is 0. The molecule has 4 aliphatic rings. The molecule has 0 aliphatic carbocycles. The zero-order valence-electron chi connectivity index (χ0n) is 19.4. The van der Waals surface area contributed by atoms with Gasteiger partial charge in [-0.05, 0) is 54.2 Å². The third-order valence-electron chi connectivity index (χ3n) is 7.32. The van der Waals surface area contributed by atoms with Gasteiger partial charge in [0.15, 0.2) is 0 Å². The molecule has 4 aliphatic heterocycles. The average molecular weight is 459 g/mol. The number of carbonyl (C=O) groups excluding carboxylic acids is 1. The van der Waals surface area contributed by atoms with E-state index in [2.05, 4.69) is 25.8 Å². The number of allylic oxidation sites excluding steroid dienone is 1. The maximum absolute atomic E-state index is 12.0. The van der Waals surface area contributed by atoms with Crippen molar-refractivity contribution in [3.8, 4) is 17.4 Å². The molecular weight excluding hydrogens is 428 g/mol. The van der Waals surface area contributed by atoms with E-state index in [-0.39, 0.29) is 6.10 Å². The van der Waals surface area contributed by atoms with E-state index in [4.69, 9.17) is 9.47 Å². The summed E-state index contributed by atoms with van der Waals surface area (Å²) in [5, 5.41) is 0. The molecule has 0 bridgehead atoms. The molecule has 7 heteroatoms. The normalized spacial score (nSPS) is 22.7. The lowest BCUT2D eigenvalue weighted by molar-refractivity contribution is -0.130. The fourth-order valence-corrected chi connectivity index (χ4v) is 5.49. The Labute approximate surface area is 200 Å². The number of hydrogen-bond acceptors (Lipinski definition) is 6. The molecule has 1 amide bonds. The minimum absolute atomic E-state index is 0.162. The van der Waals surface area contributed by atoms with E-state index in [0.717, 1.165) is 75.3 Å². The van der Waals surface area contributed by atoms with Gasteiger partial charge in [0.05, 0.1) is 6.54 Å². The van der Waals surface area contributed by atoms with Gasteiger partial charge in [0.25, 0.3) is 0 Å². The van der Waals surface area contributed by atoms with Crippen LogP contribution in [0.25, 0.3) is 5.57 Å². The third-order valence-corrected chi connectivity index (χ3v) is 7.32. The Morgan fingerprint density at radius 2 is 2.03 bits per heavy atom. The molecular formula is C27H30N4O3. The molecule has 2 aromatic rings. The highest BCUT2D eigenvalue weighted by molar-refractivity contribution is 5.89. The number of benzene rings is 1. The van der Waals surface area contributed by atoms with Crippen molar-refractivity contribution in [3.05, 3.63) is 53.7 Å². The second-order valence-corrected chi connectivity index (χ2v) is 9.60. The van der Waals surface area contributed by atoms with Crippen LogP contribution in [0.15, 0.2) is 47.6 Å². The van der Waals surface area contributed by atoms with Gasteiger partial charge >= 0.3 is 0 Å². The van der Waals surface area contributed by atoms with Gasteiger partial charge in [-0.3, -0.25) is 14.7 Å². The van der Waals surface area contributed by atoms with E-state index >= 15 is 0 Å². The van der Waals surface area contributed by atoms with Gasteiger partial charge in [-0.15, -0.1) is 0 Å². The van der Waals surface area contributed by atoms with Crippen molar-refractivity contribution < 1.29 is 14.3 Å². The first-order valence-corrected chi connectivity index (χ1v) is 12.4. The highest BCUT2D eigenvalue weighted by Gasteiger charge is 2.32. The monoisotopic (exact) mass is 458 g/mol. The predicted octanol–water partition coefficient (Wildman–Crippen LogP) is 3.73. The van der Waals surface area contributed by atoms with Gasteiger partial charge in [-0.1, -0.05) is 6.07 Å². The molecule has 0 saturated carbocycles. The number of carbonyl (C=O) groups is 1. The molecule has 1 atom stereocenters. The Morgan fingerprint density at radius 3 is 2.76 bits per heavy atom. The van der Waals surface area contributed by atoms with E-state index in [1.165, 1.54) is 11.1 Å². The maximum atomic E-state index is 12.0. The van der Waals surface area contributed by atoms with Gasteiger partial charge in [-0.2, -0.15) is 0 Å². The van der Waals surface area contributed by atoms with Gasteiger partial charge in [-0.25, -0.2) is 4.98 Å². The van der Waals surface area contributed by atoms with Crippen LogP contribution in [0.5, 0.6) is 17.4 Å². The second-order valence-electron chi connectivity index (χ2n) is 9.60. The SMILES string of the molecule is O=C1CCCN1C1CCN(CC2Cc3ccc(Oc4ccc(C5=CC=NC5)cn4)cc3O2)CC1. The number of amides is 1. The largest absolute Gasteiger partial charge is 0.488 e. The summed E-state index contributed by atoms with van der Waals surface area (Å²) in [6.07, 6.45) is 10.7. The molecule has 1 aromatic carbocycles. The number of likely N-dealkylation sites (tertiary alicyclic amines) is 2. The third kappa shape index (κ3) is 4.44. The fourth-order valence-electron chi connectivity index (χ4n) is 5.49. The van der Waals surface area contributed by atoms with Crippen LogP contribution in [0.3, 0.4) is 0 Å². The molecule has 0 N–H and O–H groups in total. The molecule has 5 heterocycles. The van der Waals surface area contributed by atoms with Crippen molar-refractivity contribution >= 4 is 17.7 Å². The number of fused-ring (bicyclic) bond motifs is 1. The van der Waals surface area contributed by atoms with E-state index < -0.39 is 0 Å². The molecule has 0 spiro atoms. The summed E-state index contributed by atoms with van der Waals surface area (Å²) in [6.45, 7) is 4.64. The van der Waals surface area contributed by atoms with Crippen molar-refractivity contribution in [2.45, 2.75) is 44.2 Å². The lowest BCUT2D eigenvalue weighted by Crippen LogP contribution is -2.47. The van der Waals surface area contributed by atoms with Crippen LogP contribution in [0, 0.1) is 0 Å². The number of nitrogens with zero attached hydrogens (tertiary/aromatic N) is 4. The molecule has 34 heavy (non-hydrogen) atoms. The number of rotatable bonds is 6. The first-order valence-electron chi connectivity index (χ1n) is 12.4. The lowest BCUT2D eigenvalue weighted by atomic mass is 10.0. The van der Waals surface area contributed by atoms with E-state index in [1.807, 2.05) is 42.8 Å². The van der Waals surface area contributed by atoms with E-state index in [9.17, 15) is 4.79 Å². The summed E-state index contributed by atoms with van der Waals surface area (Å²) < 4.78 is 12.3. The highest BCUT2D eigenvalue weighted by atomic mass is 16.5. The number of piperidine rings is 1. The quantitative estimate of drug-likeness (QED) is 0.660. The molecule has 2 saturated heterocycles. The summed E-state index contributed by atoms with van der Waals surface area (Å²) in [5.41, 5.74) is 3.47. The Balaban J connectivity index is 1.02.